The van der Waals surface area contributed by atoms with E-state index < -0.39 is 12.8 Å². The topological polar surface area (TPSA) is 21.3 Å². The van der Waals surface area contributed by atoms with Gasteiger partial charge < -0.3 is 10.1 Å². The summed E-state index contributed by atoms with van der Waals surface area (Å²) >= 11 is 0. The maximum Gasteiger partial charge on any atom is 0.422 e. The van der Waals surface area contributed by atoms with E-state index in [-0.39, 0.29) is 5.75 Å². The fourth-order valence-electron chi connectivity index (χ4n) is 1.53. The van der Waals surface area contributed by atoms with Gasteiger partial charge in [-0.2, -0.15) is 13.2 Å². The van der Waals surface area contributed by atoms with Crippen LogP contribution in [0.3, 0.4) is 0 Å². The van der Waals surface area contributed by atoms with E-state index in [9.17, 15) is 13.2 Å². The van der Waals surface area contributed by atoms with Crippen LogP contribution in [0.5, 0.6) is 5.75 Å². The molecule has 2 nitrogen and oxygen atoms in total. The van der Waals surface area contributed by atoms with Crippen LogP contribution in [-0.4, -0.2) is 12.8 Å². The Kier molecular flexibility index (Phi) is 3.94. The van der Waals surface area contributed by atoms with Crippen molar-refractivity contribution < 1.29 is 17.9 Å². The maximum atomic E-state index is 12.2. The van der Waals surface area contributed by atoms with Gasteiger partial charge in [0, 0.05) is 5.69 Å². The number of halogens is 3. The molecular formula is C14H12F3NO. The molecule has 0 saturated heterocycles. The van der Waals surface area contributed by atoms with Crippen molar-refractivity contribution in [2.75, 3.05) is 11.9 Å². The van der Waals surface area contributed by atoms with Crippen LogP contribution in [0.25, 0.3) is 0 Å². The molecule has 0 amide bonds. The molecule has 0 atom stereocenters. The van der Waals surface area contributed by atoms with Crippen LogP contribution in [0, 0.1) is 0 Å². The van der Waals surface area contributed by atoms with E-state index in [0.717, 1.165) is 5.69 Å². The first-order chi connectivity index (χ1) is 9.04. The first kappa shape index (κ1) is 13.3. The first-order valence-corrected chi connectivity index (χ1v) is 5.65. The van der Waals surface area contributed by atoms with Crippen molar-refractivity contribution in [1.82, 2.24) is 0 Å². The second-order valence-corrected chi connectivity index (χ2v) is 3.89. The number of benzene rings is 2. The van der Waals surface area contributed by atoms with Gasteiger partial charge in [-0.05, 0) is 24.3 Å². The van der Waals surface area contributed by atoms with Gasteiger partial charge in [0.15, 0.2) is 6.61 Å². The Morgan fingerprint density at radius 1 is 0.895 bits per heavy atom. The summed E-state index contributed by atoms with van der Waals surface area (Å²) in [6, 6.07) is 15.7. The molecule has 2 aromatic rings. The summed E-state index contributed by atoms with van der Waals surface area (Å²) in [7, 11) is 0. The largest absolute Gasteiger partial charge is 0.482 e. The molecule has 19 heavy (non-hydrogen) atoms. The fourth-order valence-corrected chi connectivity index (χ4v) is 1.53. The lowest BCUT2D eigenvalue weighted by Crippen LogP contribution is -2.19. The minimum Gasteiger partial charge on any atom is -0.482 e. The lowest BCUT2D eigenvalue weighted by molar-refractivity contribution is -0.153. The normalized spacial score (nSPS) is 11.1. The van der Waals surface area contributed by atoms with Crippen molar-refractivity contribution in [2.45, 2.75) is 6.18 Å². The van der Waals surface area contributed by atoms with Crippen molar-refractivity contribution >= 4 is 11.4 Å². The molecule has 5 heteroatoms. The summed E-state index contributed by atoms with van der Waals surface area (Å²) in [4.78, 5) is 0. The van der Waals surface area contributed by atoms with Crippen molar-refractivity contribution in [3.8, 4) is 5.75 Å². The molecule has 0 aromatic heterocycles. The molecule has 0 aliphatic carbocycles. The molecule has 100 valence electrons. The average Bonchev–Trinajstić information content (AvgIpc) is 2.38. The lowest BCUT2D eigenvalue weighted by atomic mass is 10.2. The van der Waals surface area contributed by atoms with Gasteiger partial charge in [0.05, 0.1) is 5.69 Å². The van der Waals surface area contributed by atoms with E-state index in [2.05, 4.69) is 5.32 Å². The summed E-state index contributed by atoms with van der Waals surface area (Å²) in [6.07, 6.45) is -4.35. The highest BCUT2D eigenvalue weighted by atomic mass is 19.4. The summed E-state index contributed by atoms with van der Waals surface area (Å²) in [5, 5.41) is 3.02. The fraction of sp³-hybridized carbons (Fsp3) is 0.143. The van der Waals surface area contributed by atoms with Gasteiger partial charge in [-0.25, -0.2) is 0 Å². The average molecular weight is 267 g/mol. The number of para-hydroxylation sites is 3. The van der Waals surface area contributed by atoms with E-state index in [1.54, 1.807) is 18.2 Å². The third-order valence-corrected chi connectivity index (χ3v) is 2.33. The van der Waals surface area contributed by atoms with Crippen LogP contribution >= 0.6 is 0 Å². The number of nitrogens with one attached hydrogen (secondary N) is 1. The Balaban J connectivity index is 2.12. The standard InChI is InChI=1S/C14H12F3NO/c15-14(16,17)10-19-13-9-5-4-8-12(13)18-11-6-2-1-3-7-11/h1-9,18H,10H2. The minimum atomic E-state index is -4.35. The molecule has 0 unspecified atom stereocenters. The molecule has 0 radical (unpaired) electrons. The van der Waals surface area contributed by atoms with Crippen LogP contribution in [0.2, 0.25) is 0 Å². The third kappa shape index (κ3) is 4.21. The predicted octanol–water partition coefficient (Wildman–Crippen LogP) is 4.37. The van der Waals surface area contributed by atoms with Crippen molar-refractivity contribution in [1.29, 1.82) is 0 Å². The Bertz CT molecular complexity index is 526. The highest BCUT2D eigenvalue weighted by molar-refractivity contribution is 5.65. The monoisotopic (exact) mass is 267 g/mol. The number of alkyl halides is 3. The van der Waals surface area contributed by atoms with E-state index >= 15 is 0 Å². The van der Waals surface area contributed by atoms with E-state index in [0.29, 0.717) is 5.69 Å². The zero-order valence-electron chi connectivity index (χ0n) is 9.95. The first-order valence-electron chi connectivity index (χ1n) is 5.65. The Hall–Kier alpha value is -2.17. The van der Waals surface area contributed by atoms with Gasteiger partial charge in [0.2, 0.25) is 0 Å². The number of ether oxygens (including phenoxy) is 1. The second kappa shape index (κ2) is 5.65. The van der Waals surface area contributed by atoms with Crippen molar-refractivity contribution in [3.63, 3.8) is 0 Å². The van der Waals surface area contributed by atoms with Crippen LogP contribution < -0.4 is 10.1 Å². The highest BCUT2D eigenvalue weighted by Crippen LogP contribution is 2.28. The second-order valence-electron chi connectivity index (χ2n) is 3.89. The van der Waals surface area contributed by atoms with E-state index in [4.69, 9.17) is 4.74 Å². The molecule has 0 aliphatic heterocycles. The minimum absolute atomic E-state index is 0.170. The smallest absolute Gasteiger partial charge is 0.422 e. The van der Waals surface area contributed by atoms with Crippen LogP contribution in [0.4, 0.5) is 24.5 Å². The van der Waals surface area contributed by atoms with Gasteiger partial charge in [0.1, 0.15) is 5.75 Å². The number of rotatable bonds is 4. The third-order valence-electron chi connectivity index (χ3n) is 2.33. The molecule has 0 heterocycles. The molecule has 2 aromatic carbocycles. The summed E-state index contributed by atoms with van der Waals surface area (Å²) < 4.78 is 41.2. The summed E-state index contributed by atoms with van der Waals surface area (Å²) in [6.45, 7) is -1.31. The summed E-state index contributed by atoms with van der Waals surface area (Å²) in [5.41, 5.74) is 1.28. The van der Waals surface area contributed by atoms with E-state index in [1.807, 2.05) is 30.3 Å². The highest BCUT2D eigenvalue weighted by Gasteiger charge is 2.28. The number of anilines is 2. The molecule has 1 N–H and O–H groups in total. The Labute approximate surface area is 108 Å². The van der Waals surface area contributed by atoms with Gasteiger partial charge >= 0.3 is 6.18 Å². The van der Waals surface area contributed by atoms with E-state index in [1.165, 1.54) is 6.07 Å². The van der Waals surface area contributed by atoms with Crippen LogP contribution in [-0.2, 0) is 0 Å². The van der Waals surface area contributed by atoms with Gasteiger partial charge in [-0.1, -0.05) is 30.3 Å². The molecule has 2 rings (SSSR count). The van der Waals surface area contributed by atoms with Gasteiger partial charge in [0.25, 0.3) is 0 Å². The molecule has 0 fully saturated rings. The SMILES string of the molecule is FC(F)(F)COc1ccccc1Nc1ccccc1. The van der Waals surface area contributed by atoms with Gasteiger partial charge in [-0.3, -0.25) is 0 Å². The zero-order chi connectivity index (χ0) is 13.7. The lowest BCUT2D eigenvalue weighted by Gasteiger charge is -2.14. The molecule has 0 bridgehead atoms. The van der Waals surface area contributed by atoms with Gasteiger partial charge in [-0.15, -0.1) is 0 Å². The molecule has 0 saturated carbocycles. The van der Waals surface area contributed by atoms with Crippen molar-refractivity contribution in [3.05, 3.63) is 54.6 Å². The number of hydrogen-bond acceptors (Lipinski definition) is 2. The predicted molar refractivity (Wildman–Crippen MR) is 67.7 cm³/mol. The quantitative estimate of drug-likeness (QED) is 0.888. The zero-order valence-corrected chi connectivity index (χ0v) is 9.95. The number of hydrogen-bond donors (Lipinski definition) is 1. The molecule has 0 aliphatic rings. The Morgan fingerprint density at radius 2 is 1.53 bits per heavy atom. The summed E-state index contributed by atoms with van der Waals surface area (Å²) in [5.74, 6) is 0.170. The molecular weight excluding hydrogens is 255 g/mol. The van der Waals surface area contributed by atoms with Crippen LogP contribution in [0.1, 0.15) is 0 Å². The van der Waals surface area contributed by atoms with Crippen molar-refractivity contribution in [2.24, 2.45) is 0 Å². The maximum absolute atomic E-state index is 12.2. The molecule has 0 spiro atoms. The Morgan fingerprint density at radius 3 is 2.21 bits per heavy atom. The van der Waals surface area contributed by atoms with Crippen LogP contribution in [0.15, 0.2) is 54.6 Å².